The molecule has 1 unspecified atom stereocenters. The van der Waals surface area contributed by atoms with Gasteiger partial charge in [0, 0.05) is 26.2 Å². The summed E-state index contributed by atoms with van der Waals surface area (Å²) in [4.78, 5) is 37.9. The second-order valence-electron chi connectivity index (χ2n) is 8.38. The number of benzene rings is 3. The highest BCUT2D eigenvalue weighted by atomic mass is 32.2. The summed E-state index contributed by atoms with van der Waals surface area (Å²) in [6, 6.07) is 18.2. The highest BCUT2D eigenvalue weighted by Gasteiger charge is 2.28. The number of ether oxygens (including phenoxy) is 1. The Kier molecular flexibility index (Phi) is 7.28. The highest BCUT2D eigenvalue weighted by molar-refractivity contribution is 7.89. The molecule has 0 aliphatic heterocycles. The number of nitrogens with zero attached hydrogens (tertiary/aromatic N) is 2. The number of methoxy groups -OCH3 is 1. The number of rotatable bonds is 8. The molecule has 1 heterocycles. The minimum atomic E-state index is -4.26. The van der Waals surface area contributed by atoms with E-state index < -0.39 is 33.2 Å². The van der Waals surface area contributed by atoms with E-state index >= 15 is 0 Å². The maximum absolute atomic E-state index is 13.4. The number of hydrogen-bond donors (Lipinski definition) is 2. The van der Waals surface area contributed by atoms with Crippen molar-refractivity contribution in [2.45, 2.75) is 17.5 Å². The van der Waals surface area contributed by atoms with Crippen molar-refractivity contribution < 1.29 is 17.9 Å². The van der Waals surface area contributed by atoms with Gasteiger partial charge in [0.1, 0.15) is 11.8 Å². The summed E-state index contributed by atoms with van der Waals surface area (Å²) in [5, 5.41) is 2.83. The topological polar surface area (TPSA) is 128 Å². The molecule has 37 heavy (non-hydrogen) atoms. The normalized spacial score (nSPS) is 12.3. The minimum absolute atomic E-state index is 0.0596. The van der Waals surface area contributed by atoms with Gasteiger partial charge in [-0.3, -0.25) is 18.7 Å². The molecular formula is C26H26N4O6S. The summed E-state index contributed by atoms with van der Waals surface area (Å²) in [5.74, 6) is 0.0200. The summed E-state index contributed by atoms with van der Waals surface area (Å²) in [7, 11) is 0.0751. The van der Waals surface area contributed by atoms with E-state index in [1.807, 2.05) is 0 Å². The maximum atomic E-state index is 13.4. The van der Waals surface area contributed by atoms with Gasteiger partial charge in [-0.15, -0.1) is 0 Å². The highest BCUT2D eigenvalue weighted by Crippen LogP contribution is 2.21. The van der Waals surface area contributed by atoms with Gasteiger partial charge in [0.15, 0.2) is 0 Å². The van der Waals surface area contributed by atoms with Crippen LogP contribution in [0, 0.1) is 0 Å². The molecule has 0 bridgehead atoms. The van der Waals surface area contributed by atoms with Crippen LogP contribution in [0.25, 0.3) is 10.9 Å². The molecule has 1 amide bonds. The van der Waals surface area contributed by atoms with E-state index in [1.165, 1.54) is 44.0 Å². The molecule has 0 fully saturated rings. The molecular weight excluding hydrogens is 496 g/mol. The molecule has 0 aliphatic carbocycles. The Hall–Kier alpha value is -4.22. The largest absolute Gasteiger partial charge is 0.496 e. The molecule has 192 valence electrons. The fourth-order valence-electron chi connectivity index (χ4n) is 4.02. The monoisotopic (exact) mass is 522 g/mol. The first-order chi connectivity index (χ1) is 17.6. The molecule has 4 rings (SSSR count). The SMILES string of the molecule is COc1ccccc1CNC(=O)C(NS(=O)(=O)c1ccc2c(c1)c(=O)n(C)c(=O)n2C)c1ccccc1. The third-order valence-corrected chi connectivity index (χ3v) is 7.48. The van der Waals surface area contributed by atoms with Crippen molar-refractivity contribution >= 4 is 26.8 Å². The lowest BCUT2D eigenvalue weighted by Crippen LogP contribution is -2.40. The summed E-state index contributed by atoms with van der Waals surface area (Å²) in [6.07, 6.45) is 0. The number of aromatic nitrogens is 2. The van der Waals surface area contributed by atoms with Crippen LogP contribution in [0.4, 0.5) is 0 Å². The maximum Gasteiger partial charge on any atom is 0.330 e. The van der Waals surface area contributed by atoms with E-state index in [1.54, 1.807) is 54.6 Å². The van der Waals surface area contributed by atoms with Crippen molar-refractivity contribution in [2.24, 2.45) is 14.1 Å². The number of para-hydroxylation sites is 1. The van der Waals surface area contributed by atoms with Gasteiger partial charge < -0.3 is 10.1 Å². The van der Waals surface area contributed by atoms with Crippen LogP contribution in [-0.4, -0.2) is 30.6 Å². The third-order valence-electron chi connectivity index (χ3n) is 6.06. The molecule has 11 heteroatoms. The number of fused-ring (bicyclic) bond motifs is 1. The zero-order valence-corrected chi connectivity index (χ0v) is 21.3. The van der Waals surface area contributed by atoms with Crippen LogP contribution in [-0.2, 0) is 35.5 Å². The number of carbonyl (C=O) groups is 1. The fourth-order valence-corrected chi connectivity index (χ4v) is 5.23. The lowest BCUT2D eigenvalue weighted by atomic mass is 10.1. The zero-order valence-electron chi connectivity index (χ0n) is 20.5. The molecule has 0 spiro atoms. The molecule has 1 atom stereocenters. The average Bonchev–Trinajstić information content (AvgIpc) is 2.92. The number of nitrogens with one attached hydrogen (secondary N) is 2. The first kappa shape index (κ1) is 25.9. The molecule has 0 saturated heterocycles. The van der Waals surface area contributed by atoms with Crippen LogP contribution in [0.5, 0.6) is 5.75 Å². The van der Waals surface area contributed by atoms with E-state index in [0.29, 0.717) is 16.8 Å². The summed E-state index contributed by atoms with van der Waals surface area (Å²) in [5.41, 5.74) is 0.305. The van der Waals surface area contributed by atoms with Gasteiger partial charge in [0.25, 0.3) is 5.56 Å². The molecule has 10 nitrogen and oxygen atoms in total. The molecule has 0 aliphatic rings. The van der Waals surface area contributed by atoms with E-state index in [0.717, 1.165) is 10.1 Å². The van der Waals surface area contributed by atoms with Crippen molar-refractivity contribution in [2.75, 3.05) is 7.11 Å². The molecule has 2 N–H and O–H groups in total. The van der Waals surface area contributed by atoms with Crippen LogP contribution < -0.4 is 26.0 Å². The van der Waals surface area contributed by atoms with Gasteiger partial charge in [-0.05, 0) is 29.8 Å². The Labute approximate surface area is 213 Å². The average molecular weight is 523 g/mol. The van der Waals surface area contributed by atoms with Crippen LogP contribution in [0.2, 0.25) is 0 Å². The smallest absolute Gasteiger partial charge is 0.330 e. The van der Waals surface area contributed by atoms with Gasteiger partial charge in [-0.1, -0.05) is 48.5 Å². The Morgan fingerprint density at radius 3 is 2.32 bits per heavy atom. The molecule has 1 aromatic heterocycles. The Morgan fingerprint density at radius 2 is 1.62 bits per heavy atom. The van der Waals surface area contributed by atoms with Crippen LogP contribution in [0.3, 0.4) is 0 Å². The lowest BCUT2D eigenvalue weighted by molar-refractivity contribution is -0.123. The standard InChI is InChI=1S/C26H26N4O6S/c1-29-21-14-13-19(15-20(21)25(32)30(2)26(29)33)37(34,35)28-23(17-9-5-4-6-10-17)24(31)27-16-18-11-7-8-12-22(18)36-3/h4-15,23,28H,16H2,1-3H3,(H,27,31). The Bertz CT molecular complexity index is 1690. The second kappa shape index (κ2) is 10.4. The zero-order chi connectivity index (χ0) is 26.7. The minimum Gasteiger partial charge on any atom is -0.496 e. The van der Waals surface area contributed by atoms with Crippen LogP contribution in [0.1, 0.15) is 17.2 Å². The number of sulfonamides is 1. The first-order valence-electron chi connectivity index (χ1n) is 11.3. The predicted molar refractivity (Wildman–Crippen MR) is 139 cm³/mol. The van der Waals surface area contributed by atoms with E-state index in [9.17, 15) is 22.8 Å². The van der Waals surface area contributed by atoms with Crippen molar-refractivity contribution in [3.63, 3.8) is 0 Å². The third kappa shape index (κ3) is 5.18. The van der Waals surface area contributed by atoms with E-state index in [4.69, 9.17) is 4.74 Å². The molecule has 3 aromatic carbocycles. The Balaban J connectivity index is 1.68. The summed E-state index contributed by atoms with van der Waals surface area (Å²) >= 11 is 0. The van der Waals surface area contributed by atoms with Crippen molar-refractivity contribution in [1.82, 2.24) is 19.2 Å². The summed E-state index contributed by atoms with van der Waals surface area (Å²) in [6.45, 7) is 0.119. The van der Waals surface area contributed by atoms with Gasteiger partial charge in [-0.25, -0.2) is 13.2 Å². The van der Waals surface area contributed by atoms with Gasteiger partial charge >= 0.3 is 5.69 Å². The second-order valence-corrected chi connectivity index (χ2v) is 10.1. The number of aryl methyl sites for hydroxylation is 1. The fraction of sp³-hybridized carbons (Fsp3) is 0.192. The summed E-state index contributed by atoms with van der Waals surface area (Å²) < 4.78 is 36.8. The van der Waals surface area contributed by atoms with Crippen molar-refractivity contribution in [1.29, 1.82) is 0 Å². The predicted octanol–water partition coefficient (Wildman–Crippen LogP) is 1.58. The van der Waals surface area contributed by atoms with Gasteiger partial charge in [0.2, 0.25) is 15.9 Å². The quantitative estimate of drug-likeness (QED) is 0.362. The Morgan fingerprint density at radius 1 is 0.946 bits per heavy atom. The van der Waals surface area contributed by atoms with E-state index in [2.05, 4.69) is 10.0 Å². The molecule has 4 aromatic rings. The molecule has 0 radical (unpaired) electrons. The number of hydrogen-bond acceptors (Lipinski definition) is 6. The van der Waals surface area contributed by atoms with Crippen molar-refractivity contribution in [3.05, 3.63) is 105 Å². The van der Waals surface area contributed by atoms with Crippen LogP contribution in [0.15, 0.2) is 87.3 Å². The van der Waals surface area contributed by atoms with Gasteiger partial charge in [0.05, 0.1) is 22.9 Å². The van der Waals surface area contributed by atoms with Gasteiger partial charge in [-0.2, -0.15) is 4.72 Å². The van der Waals surface area contributed by atoms with Crippen LogP contribution >= 0.6 is 0 Å². The van der Waals surface area contributed by atoms with E-state index in [-0.39, 0.29) is 16.8 Å². The number of amides is 1. The first-order valence-corrected chi connectivity index (χ1v) is 12.8. The molecule has 0 saturated carbocycles. The lowest BCUT2D eigenvalue weighted by Gasteiger charge is -2.20. The number of carbonyl (C=O) groups excluding carboxylic acids is 1. The van der Waals surface area contributed by atoms with Crippen molar-refractivity contribution in [3.8, 4) is 5.75 Å².